The Bertz CT molecular complexity index is 442. The van der Waals surface area contributed by atoms with E-state index in [2.05, 4.69) is 26.1 Å². The third kappa shape index (κ3) is 8.37. The Morgan fingerprint density at radius 3 is 2.25 bits per heavy atom. The molecule has 0 fully saturated rings. The van der Waals surface area contributed by atoms with Gasteiger partial charge in [0.25, 0.3) is 0 Å². The molecule has 136 valence electrons. The highest BCUT2D eigenvalue weighted by molar-refractivity contribution is 5.92. The first-order chi connectivity index (χ1) is 11.7. The number of nitrogens with one attached hydrogen (secondary N) is 1. The van der Waals surface area contributed by atoms with Gasteiger partial charge in [-0.3, -0.25) is 4.79 Å². The number of anilines is 1. The van der Waals surface area contributed by atoms with Crippen LogP contribution in [0.1, 0.15) is 78.6 Å². The Morgan fingerprint density at radius 2 is 1.62 bits per heavy atom. The Labute approximate surface area is 148 Å². The fourth-order valence-electron chi connectivity index (χ4n) is 2.79. The van der Waals surface area contributed by atoms with Gasteiger partial charge in [0.15, 0.2) is 0 Å². The lowest BCUT2D eigenvalue weighted by atomic mass is 9.95. The van der Waals surface area contributed by atoms with Gasteiger partial charge in [-0.15, -0.1) is 0 Å². The highest BCUT2D eigenvalue weighted by Gasteiger charge is 2.17. The highest BCUT2D eigenvalue weighted by Crippen LogP contribution is 2.21. The molecule has 1 aromatic rings. The molecule has 0 heterocycles. The molecule has 1 unspecified atom stereocenters. The van der Waals surface area contributed by atoms with Crippen LogP contribution in [0.25, 0.3) is 0 Å². The first-order valence-corrected chi connectivity index (χ1v) is 9.74. The van der Waals surface area contributed by atoms with Crippen LogP contribution in [0.3, 0.4) is 0 Å². The summed E-state index contributed by atoms with van der Waals surface area (Å²) in [5.74, 6) is 1.16. The number of unbranched alkanes of at least 4 members (excludes halogenated alkanes) is 4. The average Bonchev–Trinajstić information content (AvgIpc) is 2.59. The van der Waals surface area contributed by atoms with Crippen molar-refractivity contribution in [3.8, 4) is 5.75 Å². The first kappa shape index (κ1) is 20.5. The maximum atomic E-state index is 12.5. The minimum Gasteiger partial charge on any atom is -0.494 e. The number of hydrogen-bond donors (Lipinski definition) is 1. The summed E-state index contributed by atoms with van der Waals surface area (Å²) < 4.78 is 5.66. The van der Waals surface area contributed by atoms with E-state index < -0.39 is 0 Å². The second-order valence-electron chi connectivity index (χ2n) is 6.55. The number of hydrogen-bond acceptors (Lipinski definition) is 2. The summed E-state index contributed by atoms with van der Waals surface area (Å²) in [6.45, 7) is 7.26. The number of carbonyl (C=O) groups is 1. The van der Waals surface area contributed by atoms with Crippen LogP contribution in [0, 0.1) is 5.92 Å². The third-order valence-electron chi connectivity index (χ3n) is 4.30. The fourth-order valence-corrected chi connectivity index (χ4v) is 2.79. The predicted molar refractivity (Wildman–Crippen MR) is 103 cm³/mol. The molecule has 1 amide bonds. The van der Waals surface area contributed by atoms with Gasteiger partial charge < -0.3 is 10.1 Å². The maximum Gasteiger partial charge on any atom is 0.227 e. The van der Waals surface area contributed by atoms with Crippen LogP contribution in [0.2, 0.25) is 0 Å². The van der Waals surface area contributed by atoms with Crippen LogP contribution < -0.4 is 10.1 Å². The summed E-state index contributed by atoms with van der Waals surface area (Å²) in [4.78, 5) is 12.5. The van der Waals surface area contributed by atoms with E-state index in [9.17, 15) is 4.79 Å². The largest absolute Gasteiger partial charge is 0.494 e. The minimum absolute atomic E-state index is 0.132. The zero-order chi connectivity index (χ0) is 17.6. The fraction of sp³-hybridized carbons (Fsp3) is 0.667. The Morgan fingerprint density at radius 1 is 0.917 bits per heavy atom. The van der Waals surface area contributed by atoms with Crippen molar-refractivity contribution >= 4 is 11.6 Å². The molecule has 3 nitrogen and oxygen atoms in total. The number of carbonyl (C=O) groups excluding carboxylic acids is 1. The van der Waals surface area contributed by atoms with Crippen molar-refractivity contribution in [2.75, 3.05) is 11.9 Å². The molecule has 0 radical (unpaired) electrons. The third-order valence-corrected chi connectivity index (χ3v) is 4.30. The van der Waals surface area contributed by atoms with E-state index in [0.717, 1.165) is 56.6 Å². The number of rotatable bonds is 13. The molecule has 1 rings (SSSR count). The summed E-state index contributed by atoms with van der Waals surface area (Å²) in [5, 5.41) is 3.07. The van der Waals surface area contributed by atoms with Crippen molar-refractivity contribution in [1.29, 1.82) is 0 Å². The molecule has 0 aliphatic rings. The van der Waals surface area contributed by atoms with Gasteiger partial charge in [0.2, 0.25) is 5.91 Å². The number of benzene rings is 1. The van der Waals surface area contributed by atoms with Gasteiger partial charge in [-0.05, 0) is 43.5 Å². The zero-order valence-corrected chi connectivity index (χ0v) is 15.8. The Hall–Kier alpha value is -1.51. The molecule has 0 aliphatic carbocycles. The van der Waals surface area contributed by atoms with Crippen molar-refractivity contribution in [2.45, 2.75) is 78.6 Å². The average molecular weight is 334 g/mol. The van der Waals surface area contributed by atoms with Gasteiger partial charge >= 0.3 is 0 Å². The summed E-state index contributed by atoms with van der Waals surface area (Å²) in [6, 6.07) is 7.72. The van der Waals surface area contributed by atoms with Crippen LogP contribution in [0.4, 0.5) is 5.69 Å². The molecule has 0 spiro atoms. The van der Waals surface area contributed by atoms with E-state index in [-0.39, 0.29) is 11.8 Å². The van der Waals surface area contributed by atoms with E-state index in [1.54, 1.807) is 0 Å². The van der Waals surface area contributed by atoms with Crippen LogP contribution in [0.15, 0.2) is 24.3 Å². The Kier molecular flexibility index (Phi) is 11.0. The smallest absolute Gasteiger partial charge is 0.227 e. The van der Waals surface area contributed by atoms with Crippen LogP contribution >= 0.6 is 0 Å². The number of ether oxygens (including phenoxy) is 1. The SMILES string of the molecule is CCCCCCC(CCC)C(=O)Nc1ccc(OCCCC)cc1. The van der Waals surface area contributed by atoms with Crippen molar-refractivity contribution in [2.24, 2.45) is 5.92 Å². The molecular weight excluding hydrogens is 298 g/mol. The molecule has 0 aromatic heterocycles. The van der Waals surface area contributed by atoms with Crippen LogP contribution in [-0.4, -0.2) is 12.5 Å². The van der Waals surface area contributed by atoms with Gasteiger partial charge in [-0.2, -0.15) is 0 Å². The van der Waals surface area contributed by atoms with Gasteiger partial charge in [0.1, 0.15) is 5.75 Å². The summed E-state index contributed by atoms with van der Waals surface area (Å²) >= 11 is 0. The zero-order valence-electron chi connectivity index (χ0n) is 15.8. The second kappa shape index (κ2) is 12.9. The first-order valence-electron chi connectivity index (χ1n) is 9.74. The lowest BCUT2D eigenvalue weighted by Gasteiger charge is -2.16. The van der Waals surface area contributed by atoms with Gasteiger partial charge in [0.05, 0.1) is 6.61 Å². The molecule has 1 aromatic carbocycles. The topological polar surface area (TPSA) is 38.3 Å². The molecule has 0 saturated carbocycles. The maximum absolute atomic E-state index is 12.5. The molecule has 0 aliphatic heterocycles. The molecule has 1 N–H and O–H groups in total. The lowest BCUT2D eigenvalue weighted by molar-refractivity contribution is -0.120. The summed E-state index contributed by atoms with van der Waals surface area (Å²) in [6.07, 6.45) is 10.1. The monoisotopic (exact) mass is 333 g/mol. The van der Waals surface area contributed by atoms with E-state index in [1.165, 1.54) is 19.3 Å². The number of amides is 1. The minimum atomic E-state index is 0.132. The second-order valence-corrected chi connectivity index (χ2v) is 6.55. The van der Waals surface area contributed by atoms with E-state index >= 15 is 0 Å². The molecule has 0 saturated heterocycles. The lowest BCUT2D eigenvalue weighted by Crippen LogP contribution is -2.22. The standard InChI is InChI=1S/C21H35NO2/c1-4-7-9-10-12-18(11-6-3)21(23)22-19-13-15-20(16-14-19)24-17-8-5-2/h13-16,18H,4-12,17H2,1-3H3,(H,22,23). The van der Waals surface area contributed by atoms with Gasteiger partial charge in [-0.25, -0.2) is 0 Å². The molecule has 24 heavy (non-hydrogen) atoms. The van der Waals surface area contributed by atoms with Crippen LogP contribution in [-0.2, 0) is 4.79 Å². The van der Waals surface area contributed by atoms with Crippen molar-refractivity contribution in [3.63, 3.8) is 0 Å². The van der Waals surface area contributed by atoms with E-state index in [4.69, 9.17) is 4.74 Å². The molecule has 0 bridgehead atoms. The highest BCUT2D eigenvalue weighted by atomic mass is 16.5. The quantitative estimate of drug-likeness (QED) is 0.437. The normalized spacial score (nSPS) is 12.0. The van der Waals surface area contributed by atoms with Crippen molar-refractivity contribution in [1.82, 2.24) is 0 Å². The van der Waals surface area contributed by atoms with Crippen LogP contribution in [0.5, 0.6) is 5.75 Å². The van der Waals surface area contributed by atoms with Crippen molar-refractivity contribution < 1.29 is 9.53 Å². The Balaban J connectivity index is 2.47. The predicted octanol–water partition coefficient (Wildman–Crippen LogP) is 6.19. The summed E-state index contributed by atoms with van der Waals surface area (Å²) in [5.41, 5.74) is 0.859. The van der Waals surface area contributed by atoms with E-state index in [0.29, 0.717) is 0 Å². The van der Waals surface area contributed by atoms with Crippen molar-refractivity contribution in [3.05, 3.63) is 24.3 Å². The summed E-state index contributed by atoms with van der Waals surface area (Å²) in [7, 11) is 0. The van der Waals surface area contributed by atoms with Gasteiger partial charge in [0, 0.05) is 11.6 Å². The van der Waals surface area contributed by atoms with E-state index in [1.807, 2.05) is 24.3 Å². The molecule has 3 heteroatoms. The van der Waals surface area contributed by atoms with Gasteiger partial charge in [-0.1, -0.05) is 59.3 Å². The molecule has 1 atom stereocenters. The molecular formula is C21H35NO2.